The fraction of sp³-hybridized carbons (Fsp3) is 0.550. The topological polar surface area (TPSA) is 25.4 Å². The maximum absolute atomic E-state index is 5.97. The summed E-state index contributed by atoms with van der Waals surface area (Å²) in [6.07, 6.45) is 4.39. The van der Waals surface area contributed by atoms with E-state index in [0.717, 1.165) is 30.7 Å². The Bertz CT molecular complexity index is 713. The zero-order valence-corrected chi connectivity index (χ0v) is 14.4. The van der Waals surface area contributed by atoms with Crippen molar-refractivity contribution in [2.45, 2.75) is 52.2 Å². The molecule has 3 heteroatoms. The molecule has 23 heavy (non-hydrogen) atoms. The zero-order chi connectivity index (χ0) is 16.0. The molecule has 0 N–H and O–H groups in total. The van der Waals surface area contributed by atoms with Crippen LogP contribution in [0.1, 0.15) is 37.9 Å². The van der Waals surface area contributed by atoms with Gasteiger partial charge in [0.25, 0.3) is 0 Å². The van der Waals surface area contributed by atoms with Crippen molar-refractivity contribution in [3.8, 4) is 0 Å². The van der Waals surface area contributed by atoms with Gasteiger partial charge in [-0.15, -0.1) is 0 Å². The van der Waals surface area contributed by atoms with Crippen LogP contribution in [0.3, 0.4) is 0 Å². The number of aryl methyl sites for hydroxylation is 1. The maximum Gasteiger partial charge on any atom is 0.0755 e. The Labute approximate surface area is 138 Å². The molecule has 2 aliphatic heterocycles. The quantitative estimate of drug-likeness (QED) is 0.853. The molecule has 2 atom stereocenters. The third-order valence-electron chi connectivity index (χ3n) is 5.04. The van der Waals surface area contributed by atoms with Gasteiger partial charge in [-0.25, -0.2) is 0 Å². The van der Waals surface area contributed by atoms with Gasteiger partial charge in [-0.05, 0) is 61.9 Å². The van der Waals surface area contributed by atoms with E-state index in [4.69, 9.17) is 9.72 Å². The van der Waals surface area contributed by atoms with E-state index in [2.05, 4.69) is 49.9 Å². The Morgan fingerprint density at radius 3 is 2.61 bits per heavy atom. The number of rotatable bonds is 3. The molecule has 3 heterocycles. The van der Waals surface area contributed by atoms with E-state index in [-0.39, 0.29) is 0 Å². The van der Waals surface area contributed by atoms with Crippen molar-refractivity contribution in [2.75, 3.05) is 18.0 Å². The molecule has 1 aromatic heterocycles. The number of benzene rings is 1. The lowest BCUT2D eigenvalue weighted by Crippen LogP contribution is -2.42. The van der Waals surface area contributed by atoms with Crippen LogP contribution in [0.15, 0.2) is 24.3 Å². The van der Waals surface area contributed by atoms with Gasteiger partial charge in [-0.3, -0.25) is 4.98 Å². The molecule has 122 valence electrons. The van der Waals surface area contributed by atoms with Gasteiger partial charge in [0.15, 0.2) is 0 Å². The summed E-state index contributed by atoms with van der Waals surface area (Å²) in [4.78, 5) is 7.23. The van der Waals surface area contributed by atoms with E-state index in [0.29, 0.717) is 18.1 Å². The van der Waals surface area contributed by atoms with Crippen molar-refractivity contribution in [3.63, 3.8) is 0 Å². The van der Waals surface area contributed by atoms with Crippen LogP contribution in [0.2, 0.25) is 0 Å². The van der Waals surface area contributed by atoms with E-state index in [9.17, 15) is 0 Å². The molecule has 0 amide bonds. The molecule has 2 saturated heterocycles. The van der Waals surface area contributed by atoms with Crippen molar-refractivity contribution in [1.82, 2.24) is 4.98 Å². The first-order valence-corrected chi connectivity index (χ1v) is 8.89. The van der Waals surface area contributed by atoms with Gasteiger partial charge >= 0.3 is 0 Å². The van der Waals surface area contributed by atoms with E-state index >= 15 is 0 Å². The molecule has 2 aromatic rings. The Kier molecular flexibility index (Phi) is 3.76. The third kappa shape index (κ3) is 2.94. The number of hydrogen-bond acceptors (Lipinski definition) is 3. The number of nitrogens with zero attached hydrogens (tertiary/aromatic N) is 2. The Morgan fingerprint density at radius 2 is 1.91 bits per heavy atom. The monoisotopic (exact) mass is 310 g/mol. The Morgan fingerprint density at radius 1 is 1.17 bits per heavy atom. The van der Waals surface area contributed by atoms with Crippen LogP contribution in [0.25, 0.3) is 10.9 Å². The average molecular weight is 310 g/mol. The molecule has 0 aliphatic carbocycles. The summed E-state index contributed by atoms with van der Waals surface area (Å²) in [5.74, 6) is 0.655. The molecule has 0 saturated carbocycles. The summed E-state index contributed by atoms with van der Waals surface area (Å²) in [6, 6.07) is 9.04. The molecule has 3 nitrogen and oxygen atoms in total. The number of morpholine rings is 1. The first-order valence-electron chi connectivity index (χ1n) is 8.89. The second kappa shape index (κ2) is 5.79. The third-order valence-corrected chi connectivity index (χ3v) is 5.04. The van der Waals surface area contributed by atoms with Crippen LogP contribution >= 0.6 is 0 Å². The fourth-order valence-electron chi connectivity index (χ4n) is 4.06. The predicted molar refractivity (Wildman–Crippen MR) is 95.1 cm³/mol. The molecule has 0 spiro atoms. The lowest BCUT2D eigenvalue weighted by Gasteiger charge is -2.34. The SMILES string of the molecule is Cc1cc(CC(C)C)c2cc(N3CC4CCC(C3)O4)ccc2n1. The fourth-order valence-corrected chi connectivity index (χ4v) is 4.06. The lowest BCUT2D eigenvalue weighted by atomic mass is 9.98. The molecule has 1 aromatic carbocycles. The van der Waals surface area contributed by atoms with Gasteiger partial charge in [0.2, 0.25) is 0 Å². The number of aromatic nitrogens is 1. The number of pyridine rings is 1. The number of anilines is 1. The van der Waals surface area contributed by atoms with Gasteiger partial charge < -0.3 is 9.64 Å². The largest absolute Gasteiger partial charge is 0.371 e. The van der Waals surface area contributed by atoms with Crippen LogP contribution in [-0.2, 0) is 11.2 Å². The minimum Gasteiger partial charge on any atom is -0.371 e. The minimum absolute atomic E-state index is 0.427. The van der Waals surface area contributed by atoms with Gasteiger partial charge in [0, 0.05) is 29.9 Å². The first-order chi connectivity index (χ1) is 11.1. The lowest BCUT2D eigenvalue weighted by molar-refractivity contribution is 0.0305. The normalized spacial score (nSPS) is 23.9. The van der Waals surface area contributed by atoms with Gasteiger partial charge in [-0.1, -0.05) is 13.8 Å². The van der Waals surface area contributed by atoms with Crippen molar-refractivity contribution in [2.24, 2.45) is 5.92 Å². The molecular weight excluding hydrogens is 284 g/mol. The van der Waals surface area contributed by atoms with Crippen molar-refractivity contribution >= 4 is 16.6 Å². The maximum atomic E-state index is 5.97. The van der Waals surface area contributed by atoms with Gasteiger partial charge in [-0.2, -0.15) is 0 Å². The van der Waals surface area contributed by atoms with Gasteiger partial charge in [0.1, 0.15) is 0 Å². The second-order valence-electron chi connectivity index (χ2n) is 7.58. The molecule has 2 unspecified atom stereocenters. The first kappa shape index (κ1) is 14.9. The Hall–Kier alpha value is -1.61. The zero-order valence-electron chi connectivity index (χ0n) is 14.4. The Balaban J connectivity index is 1.73. The highest BCUT2D eigenvalue weighted by molar-refractivity contribution is 5.86. The van der Waals surface area contributed by atoms with Crippen molar-refractivity contribution in [1.29, 1.82) is 0 Å². The van der Waals surface area contributed by atoms with E-state index < -0.39 is 0 Å². The smallest absolute Gasteiger partial charge is 0.0755 e. The van der Waals surface area contributed by atoms with Crippen LogP contribution in [0.4, 0.5) is 5.69 Å². The molecule has 2 bridgehead atoms. The number of hydrogen-bond donors (Lipinski definition) is 0. The second-order valence-corrected chi connectivity index (χ2v) is 7.58. The van der Waals surface area contributed by atoms with Crippen molar-refractivity contribution in [3.05, 3.63) is 35.5 Å². The molecular formula is C20H26N2O. The highest BCUT2D eigenvalue weighted by atomic mass is 16.5. The number of fused-ring (bicyclic) bond motifs is 3. The van der Waals surface area contributed by atoms with Crippen LogP contribution in [0.5, 0.6) is 0 Å². The summed E-state index contributed by atoms with van der Waals surface area (Å²) >= 11 is 0. The molecule has 2 fully saturated rings. The van der Waals surface area contributed by atoms with Crippen LogP contribution in [-0.4, -0.2) is 30.3 Å². The van der Waals surface area contributed by atoms with Crippen LogP contribution in [0, 0.1) is 12.8 Å². The molecule has 0 radical (unpaired) electrons. The average Bonchev–Trinajstić information content (AvgIpc) is 2.84. The summed E-state index contributed by atoms with van der Waals surface area (Å²) < 4.78 is 5.97. The standard InChI is InChI=1S/C20H26N2O/c1-13(2)8-15-9-14(3)21-20-7-4-16(10-19(15)20)22-11-17-5-6-18(12-22)23-17/h4,7,9-10,13,17-18H,5-6,8,11-12H2,1-3H3. The summed E-state index contributed by atoms with van der Waals surface area (Å²) in [5, 5.41) is 1.32. The molecule has 2 aliphatic rings. The van der Waals surface area contributed by atoms with E-state index in [1.54, 1.807) is 0 Å². The van der Waals surface area contributed by atoms with Crippen LogP contribution < -0.4 is 4.90 Å². The van der Waals surface area contributed by atoms with E-state index in [1.807, 2.05) is 0 Å². The van der Waals surface area contributed by atoms with Crippen molar-refractivity contribution < 1.29 is 4.74 Å². The highest BCUT2D eigenvalue weighted by Crippen LogP contribution is 2.32. The summed E-state index contributed by atoms with van der Waals surface area (Å²) in [7, 11) is 0. The van der Waals surface area contributed by atoms with E-state index in [1.165, 1.54) is 29.5 Å². The summed E-state index contributed by atoms with van der Waals surface area (Å²) in [5.41, 5.74) is 5.00. The number of ether oxygens (including phenoxy) is 1. The highest BCUT2D eigenvalue weighted by Gasteiger charge is 2.33. The molecule has 4 rings (SSSR count). The minimum atomic E-state index is 0.427. The van der Waals surface area contributed by atoms with Gasteiger partial charge in [0.05, 0.1) is 17.7 Å². The summed E-state index contributed by atoms with van der Waals surface area (Å²) in [6.45, 7) is 8.72. The predicted octanol–water partition coefficient (Wildman–Crippen LogP) is 4.11.